The number of carbonyl (C=O) groups is 9. The number of benzene rings is 1. The highest BCUT2D eigenvalue weighted by atomic mass is 31.2. The molecule has 25 heteroatoms. The maximum Gasteiger partial charge on any atom is 0.275 e. The molecule has 0 saturated carbocycles. The van der Waals surface area contributed by atoms with Crippen molar-refractivity contribution in [2.45, 2.75) is 101 Å². The van der Waals surface area contributed by atoms with Gasteiger partial charge in [0.15, 0.2) is 6.54 Å². The van der Waals surface area contributed by atoms with E-state index in [0.717, 1.165) is 24.0 Å². The number of aliphatic hydroxyl groups is 1. The van der Waals surface area contributed by atoms with Crippen molar-refractivity contribution in [2.75, 3.05) is 13.1 Å². The number of carboxylic acids is 2. The summed E-state index contributed by atoms with van der Waals surface area (Å²) in [6.45, 7) is 2.15. The number of carbonyl (C=O) groups excluding carboxylic acids is 9. The Kier molecular flexibility index (Phi) is 18.6. The summed E-state index contributed by atoms with van der Waals surface area (Å²) in [6, 6.07) is -4.70. The summed E-state index contributed by atoms with van der Waals surface area (Å²) in [4.78, 5) is 137. The summed E-state index contributed by atoms with van der Waals surface area (Å²) in [5.41, 5.74) is 9.08. The maximum atomic E-state index is 13.8. The largest absolute Gasteiger partial charge is 0.780 e. The van der Waals surface area contributed by atoms with Gasteiger partial charge in [-0.25, -0.2) is 0 Å². The second-order valence-electron chi connectivity index (χ2n) is 13.2. The smallest absolute Gasteiger partial charge is 0.275 e. The molecule has 1 aromatic carbocycles. The molecule has 1 aromatic rings. The number of nitrogens with one attached hydrogen (secondary N) is 5. The molecular formula is C33H46N8O16P-3. The van der Waals surface area contributed by atoms with Crippen LogP contribution in [0.2, 0.25) is 0 Å². The number of carboxylic acid groups (broad SMARTS) is 2. The summed E-state index contributed by atoms with van der Waals surface area (Å²) >= 11 is 0. The molecule has 58 heavy (non-hydrogen) atoms. The number of nitrogens with two attached hydrogens (primary N) is 1. The first kappa shape index (κ1) is 48.5. The minimum atomic E-state index is -5.38. The van der Waals surface area contributed by atoms with Crippen molar-refractivity contribution in [3.63, 3.8) is 0 Å². The van der Waals surface area contributed by atoms with E-state index < -0.39 is 123 Å². The third kappa shape index (κ3) is 15.7. The van der Waals surface area contributed by atoms with E-state index in [9.17, 15) is 72.8 Å². The van der Waals surface area contributed by atoms with E-state index in [-0.39, 0.29) is 44.5 Å². The van der Waals surface area contributed by atoms with Gasteiger partial charge in [-0.1, -0.05) is 19.1 Å². The molecule has 11 N–H and O–H groups in total. The highest BCUT2D eigenvalue weighted by Crippen LogP contribution is 2.29. The van der Waals surface area contributed by atoms with E-state index >= 15 is 0 Å². The van der Waals surface area contributed by atoms with Crippen LogP contribution in [0.15, 0.2) is 24.3 Å². The number of likely N-dealkylation sites (tertiary alicyclic amines) is 1. The van der Waals surface area contributed by atoms with Crippen LogP contribution in [0.3, 0.4) is 0 Å². The number of quaternary nitrogens is 1. The molecule has 1 fully saturated rings. The minimum absolute atomic E-state index is 0.0120. The quantitative estimate of drug-likeness (QED) is 0.0474. The highest BCUT2D eigenvalue weighted by Gasteiger charge is 2.41. The third-order valence-corrected chi connectivity index (χ3v) is 9.09. The van der Waals surface area contributed by atoms with Gasteiger partial charge in [-0.2, -0.15) is 0 Å². The molecule has 1 heterocycles. The minimum Gasteiger partial charge on any atom is -0.780 e. The molecular weight excluding hydrogens is 795 g/mol. The normalized spacial score (nSPS) is 16.9. The Labute approximate surface area is 331 Å². The number of aliphatic hydroxyl groups excluding tert-OH is 1. The van der Waals surface area contributed by atoms with Gasteiger partial charge in [0, 0.05) is 18.9 Å². The van der Waals surface area contributed by atoms with Crippen LogP contribution in [-0.4, -0.2) is 119 Å². The predicted octanol–water partition coefficient (Wildman–Crippen LogP) is -8.96. The van der Waals surface area contributed by atoms with Crippen molar-refractivity contribution in [3.05, 3.63) is 29.8 Å². The van der Waals surface area contributed by atoms with Crippen molar-refractivity contribution in [1.29, 1.82) is 0 Å². The number of phosphoric ester groups is 1. The van der Waals surface area contributed by atoms with Gasteiger partial charge in [0.25, 0.3) is 5.91 Å². The molecule has 322 valence electrons. The molecule has 0 aliphatic carbocycles. The summed E-state index contributed by atoms with van der Waals surface area (Å²) < 4.78 is 15.2. The topological polar surface area (TPSA) is 409 Å². The lowest BCUT2D eigenvalue weighted by atomic mass is 10.0. The van der Waals surface area contributed by atoms with Gasteiger partial charge in [-0.15, -0.1) is 0 Å². The van der Waals surface area contributed by atoms with E-state index in [1.807, 2.05) is 0 Å². The second-order valence-corrected chi connectivity index (χ2v) is 14.2. The number of hydrogen-bond donors (Lipinski definition) is 8. The number of amides is 7. The van der Waals surface area contributed by atoms with E-state index in [0.29, 0.717) is 5.56 Å². The highest BCUT2D eigenvalue weighted by molar-refractivity contribution is 7.43. The first-order valence-electron chi connectivity index (χ1n) is 17.8. The molecule has 0 unspecified atom stereocenters. The van der Waals surface area contributed by atoms with Crippen LogP contribution in [0.25, 0.3) is 0 Å². The predicted molar refractivity (Wildman–Crippen MR) is 186 cm³/mol. The van der Waals surface area contributed by atoms with E-state index in [2.05, 4.69) is 36.8 Å². The number of rotatable bonds is 23. The van der Waals surface area contributed by atoms with Crippen LogP contribution >= 0.6 is 7.82 Å². The monoisotopic (exact) mass is 841 g/mol. The fraction of sp³-hybridized carbons (Fsp3) is 0.545. The van der Waals surface area contributed by atoms with Gasteiger partial charge in [-0.3, -0.25) is 33.6 Å². The third-order valence-electron chi connectivity index (χ3n) is 8.66. The molecule has 7 amide bonds. The molecule has 0 radical (unpaired) electrons. The molecule has 0 spiro atoms. The molecule has 0 bridgehead atoms. The number of aliphatic carboxylic acids is 2. The lowest BCUT2D eigenvalue weighted by Gasteiger charge is -2.31. The fourth-order valence-corrected chi connectivity index (χ4v) is 6.13. The zero-order valence-electron chi connectivity index (χ0n) is 31.5. The van der Waals surface area contributed by atoms with Gasteiger partial charge in [0.1, 0.15) is 43.8 Å². The summed E-state index contributed by atoms with van der Waals surface area (Å²) in [7, 11) is -5.38. The Morgan fingerprint density at radius 3 is 2.02 bits per heavy atom. The van der Waals surface area contributed by atoms with Gasteiger partial charge >= 0.3 is 0 Å². The molecule has 1 aliphatic rings. The molecule has 24 nitrogen and oxygen atoms in total. The van der Waals surface area contributed by atoms with Crippen molar-refractivity contribution in [3.8, 4) is 5.75 Å². The summed E-state index contributed by atoms with van der Waals surface area (Å²) in [5.74, 6) is -10.7. The van der Waals surface area contributed by atoms with Crippen LogP contribution < -0.4 is 62.6 Å². The van der Waals surface area contributed by atoms with Gasteiger partial charge < -0.3 is 86.7 Å². The fourth-order valence-electron chi connectivity index (χ4n) is 5.75. The van der Waals surface area contributed by atoms with Crippen molar-refractivity contribution in [2.24, 2.45) is 5.73 Å². The summed E-state index contributed by atoms with van der Waals surface area (Å²) in [5, 5.41) is 44.2. The molecule has 1 aliphatic heterocycles. The molecule has 1 saturated heterocycles. The van der Waals surface area contributed by atoms with Crippen LogP contribution in [0, 0.1) is 0 Å². The standard InChI is InChI=1S/C33H49N8O16P/c1-3-19(33(52)53)37-31(50)27(16(2)42)40-30(49)23-5-4-12-41(23)32(51)22(14-24(35)43)39-28(47)20(10-11-26(45)46)38-29(48)21(36-25(44)15-34)13-17-6-8-18(9-7-17)57-58(54,55)56/h6-9,16,19-23,27,42H,3-5,10-15,34H2,1-2H3,(H2,35,43)(H,36,44)(H,37,50)(H,38,48)(H,39,47)(H,40,49)(H,45,46)(H,52,53)(H2,54,55,56)/p-3/t16-,19+,20+,21+,22+,23+,27+/m1/s1. The van der Waals surface area contributed by atoms with Gasteiger partial charge in [-0.05, 0) is 56.7 Å². The van der Waals surface area contributed by atoms with Crippen LogP contribution in [0.4, 0.5) is 0 Å². The SMILES string of the molecule is CC[C@H](NC(=O)[C@@H](NC(=O)[C@@H]1CCCN1C(=O)[C@H](CC(N)=O)NC(=O)[C@H](CCC(=O)[O-])NC(=O)[C@H](Cc1ccc(OP(=O)([O-])[O-])cc1)NC(=O)C[NH3+])[C@@H](C)O)C(=O)[O-]. The second kappa shape index (κ2) is 22.3. The number of hydrogen-bond acceptors (Lipinski definition) is 16. The lowest BCUT2D eigenvalue weighted by Crippen LogP contribution is -2.62. The van der Waals surface area contributed by atoms with Gasteiger partial charge in [0.05, 0.1) is 24.5 Å². The molecule has 0 aromatic heterocycles. The number of primary amides is 1. The van der Waals surface area contributed by atoms with Crippen molar-refractivity contribution < 1.29 is 83.1 Å². The Balaban J connectivity index is 2.33. The van der Waals surface area contributed by atoms with Crippen LogP contribution in [0.5, 0.6) is 5.75 Å². The Morgan fingerprint density at radius 2 is 1.50 bits per heavy atom. The van der Waals surface area contributed by atoms with Crippen LogP contribution in [0.1, 0.15) is 57.9 Å². The van der Waals surface area contributed by atoms with E-state index in [4.69, 9.17) is 5.73 Å². The lowest BCUT2D eigenvalue weighted by molar-refractivity contribution is -0.355. The van der Waals surface area contributed by atoms with Gasteiger partial charge in [0.2, 0.25) is 35.4 Å². The Morgan fingerprint density at radius 1 is 0.914 bits per heavy atom. The van der Waals surface area contributed by atoms with Crippen LogP contribution in [-0.2, 0) is 54.1 Å². The zero-order valence-corrected chi connectivity index (χ0v) is 32.4. The van der Waals surface area contributed by atoms with E-state index in [1.54, 1.807) is 0 Å². The van der Waals surface area contributed by atoms with Crippen molar-refractivity contribution >= 4 is 61.1 Å². The number of nitrogens with zero attached hydrogens (tertiary/aromatic N) is 1. The maximum absolute atomic E-state index is 13.8. The average molecular weight is 842 g/mol. The van der Waals surface area contributed by atoms with Crippen molar-refractivity contribution in [1.82, 2.24) is 31.5 Å². The Hall–Kier alpha value is -5.68. The van der Waals surface area contributed by atoms with E-state index in [1.165, 1.54) is 19.1 Å². The average Bonchev–Trinajstić information content (AvgIpc) is 3.63. The molecule has 2 rings (SSSR count). The zero-order chi connectivity index (χ0) is 43.9. The first-order valence-corrected chi connectivity index (χ1v) is 19.3. The summed E-state index contributed by atoms with van der Waals surface area (Å²) in [6.07, 6.45) is -3.96. The molecule has 7 atom stereocenters. The first-order chi connectivity index (χ1) is 27.1. The Bertz CT molecular complexity index is 1740. The number of phosphoric acid groups is 1.